The van der Waals surface area contributed by atoms with Crippen molar-refractivity contribution in [2.75, 3.05) is 26.2 Å². The average Bonchev–Trinajstić information content (AvgIpc) is 2.95. The molecule has 0 aliphatic carbocycles. The molecule has 0 unspecified atom stereocenters. The fourth-order valence-corrected chi connectivity index (χ4v) is 4.59. The lowest BCUT2D eigenvalue weighted by molar-refractivity contribution is 0.176. The molecule has 2 heterocycles. The molecule has 0 amide bonds. The third-order valence-corrected chi connectivity index (χ3v) is 6.27. The Hall–Kier alpha value is -1.77. The van der Waals surface area contributed by atoms with Crippen molar-refractivity contribution in [1.82, 2.24) is 19.3 Å². The van der Waals surface area contributed by atoms with Crippen LogP contribution in [-0.2, 0) is 16.6 Å². The van der Waals surface area contributed by atoms with E-state index in [0.717, 1.165) is 11.1 Å². The van der Waals surface area contributed by atoms with Crippen LogP contribution in [0, 0.1) is 20.8 Å². The predicted molar refractivity (Wildman–Crippen MR) is 89.0 cm³/mol. The lowest BCUT2D eigenvalue weighted by atomic mass is 10.2. The molecule has 2 aromatic rings. The SMILES string of the molecule is Cc1ccc(C)c(S(=O)(=O)N2CCN(Cc3noc(C)n3)CC2)c1. The van der Waals surface area contributed by atoms with Crippen molar-refractivity contribution < 1.29 is 12.9 Å². The Morgan fingerprint density at radius 3 is 2.46 bits per heavy atom. The van der Waals surface area contributed by atoms with E-state index in [-0.39, 0.29) is 0 Å². The van der Waals surface area contributed by atoms with Gasteiger partial charge >= 0.3 is 0 Å². The zero-order chi connectivity index (χ0) is 17.3. The molecule has 8 heteroatoms. The minimum atomic E-state index is -3.45. The van der Waals surface area contributed by atoms with Gasteiger partial charge in [0, 0.05) is 33.1 Å². The van der Waals surface area contributed by atoms with Gasteiger partial charge in [0.25, 0.3) is 0 Å². The van der Waals surface area contributed by atoms with Crippen LogP contribution in [0.15, 0.2) is 27.6 Å². The Labute approximate surface area is 142 Å². The number of hydrogen-bond acceptors (Lipinski definition) is 6. The highest BCUT2D eigenvalue weighted by atomic mass is 32.2. The average molecular weight is 350 g/mol. The second-order valence-electron chi connectivity index (χ2n) is 6.18. The second kappa shape index (κ2) is 6.62. The number of sulfonamides is 1. The van der Waals surface area contributed by atoms with Crippen molar-refractivity contribution in [3.05, 3.63) is 41.0 Å². The first kappa shape index (κ1) is 17.1. The first-order chi connectivity index (χ1) is 11.4. The van der Waals surface area contributed by atoms with Crippen LogP contribution in [0.1, 0.15) is 22.8 Å². The zero-order valence-electron chi connectivity index (χ0n) is 14.2. The molecule has 1 aliphatic heterocycles. The Kier molecular flexibility index (Phi) is 4.71. The fourth-order valence-electron chi connectivity index (χ4n) is 2.86. The smallest absolute Gasteiger partial charge is 0.243 e. The van der Waals surface area contributed by atoms with E-state index in [1.807, 2.05) is 26.0 Å². The van der Waals surface area contributed by atoms with E-state index in [4.69, 9.17) is 4.52 Å². The number of aryl methyl sites for hydroxylation is 3. The summed E-state index contributed by atoms with van der Waals surface area (Å²) >= 11 is 0. The Morgan fingerprint density at radius 2 is 1.83 bits per heavy atom. The largest absolute Gasteiger partial charge is 0.340 e. The molecule has 0 saturated carbocycles. The van der Waals surface area contributed by atoms with Gasteiger partial charge in [0.15, 0.2) is 5.82 Å². The minimum Gasteiger partial charge on any atom is -0.340 e. The van der Waals surface area contributed by atoms with Gasteiger partial charge in [-0.3, -0.25) is 4.90 Å². The molecule has 24 heavy (non-hydrogen) atoms. The maximum atomic E-state index is 12.9. The van der Waals surface area contributed by atoms with Crippen LogP contribution in [0.3, 0.4) is 0 Å². The zero-order valence-corrected chi connectivity index (χ0v) is 15.0. The molecule has 1 aliphatic rings. The Morgan fingerprint density at radius 1 is 1.12 bits per heavy atom. The molecule has 0 radical (unpaired) electrons. The summed E-state index contributed by atoms with van der Waals surface area (Å²) in [4.78, 5) is 6.74. The van der Waals surface area contributed by atoms with E-state index < -0.39 is 10.0 Å². The number of hydrogen-bond donors (Lipinski definition) is 0. The lowest BCUT2D eigenvalue weighted by Crippen LogP contribution is -2.48. The van der Waals surface area contributed by atoms with Gasteiger partial charge in [-0.05, 0) is 31.0 Å². The van der Waals surface area contributed by atoms with Crippen LogP contribution in [0.25, 0.3) is 0 Å². The van der Waals surface area contributed by atoms with Gasteiger partial charge < -0.3 is 4.52 Å². The molecule has 1 fully saturated rings. The van der Waals surface area contributed by atoms with Gasteiger partial charge in [-0.1, -0.05) is 17.3 Å². The monoisotopic (exact) mass is 350 g/mol. The molecule has 130 valence electrons. The van der Waals surface area contributed by atoms with Crippen LogP contribution in [0.2, 0.25) is 0 Å². The summed E-state index contributed by atoms with van der Waals surface area (Å²) in [6, 6.07) is 5.54. The van der Waals surface area contributed by atoms with Gasteiger partial charge in [-0.25, -0.2) is 8.42 Å². The van der Waals surface area contributed by atoms with E-state index in [2.05, 4.69) is 15.0 Å². The van der Waals surface area contributed by atoms with Crippen LogP contribution >= 0.6 is 0 Å². The van der Waals surface area contributed by atoms with Crippen molar-refractivity contribution >= 4 is 10.0 Å². The number of rotatable bonds is 4. The van der Waals surface area contributed by atoms with Crippen LogP contribution in [0.4, 0.5) is 0 Å². The van der Waals surface area contributed by atoms with E-state index in [9.17, 15) is 8.42 Å². The highest BCUT2D eigenvalue weighted by molar-refractivity contribution is 7.89. The molecule has 0 atom stereocenters. The van der Waals surface area contributed by atoms with Crippen LogP contribution in [-0.4, -0.2) is 53.9 Å². The van der Waals surface area contributed by atoms with Gasteiger partial charge in [-0.15, -0.1) is 0 Å². The normalized spacial score (nSPS) is 17.3. The molecule has 0 spiro atoms. The number of aromatic nitrogens is 2. The number of piperazine rings is 1. The molecule has 0 N–H and O–H groups in total. The summed E-state index contributed by atoms with van der Waals surface area (Å²) in [6.07, 6.45) is 0. The predicted octanol–water partition coefficient (Wildman–Crippen LogP) is 1.50. The Balaban J connectivity index is 1.68. The lowest BCUT2D eigenvalue weighted by Gasteiger charge is -2.33. The standard InChI is InChI=1S/C16H22N4O3S/c1-12-4-5-13(2)15(10-12)24(21,22)20-8-6-19(7-9-20)11-16-17-14(3)23-18-16/h4-5,10H,6-9,11H2,1-3H3. The summed E-state index contributed by atoms with van der Waals surface area (Å²) < 4.78 is 32.3. The van der Waals surface area contributed by atoms with Crippen molar-refractivity contribution in [2.24, 2.45) is 0 Å². The molecule has 7 nitrogen and oxygen atoms in total. The molecule has 1 saturated heterocycles. The highest BCUT2D eigenvalue weighted by Crippen LogP contribution is 2.22. The molecular formula is C16H22N4O3S. The van der Waals surface area contributed by atoms with Gasteiger partial charge in [0.2, 0.25) is 15.9 Å². The van der Waals surface area contributed by atoms with E-state index >= 15 is 0 Å². The van der Waals surface area contributed by atoms with Gasteiger partial charge in [-0.2, -0.15) is 9.29 Å². The molecule has 0 bridgehead atoms. The van der Waals surface area contributed by atoms with Crippen molar-refractivity contribution in [3.8, 4) is 0 Å². The van der Waals surface area contributed by atoms with Crippen LogP contribution in [0.5, 0.6) is 0 Å². The summed E-state index contributed by atoms with van der Waals surface area (Å²) in [5, 5.41) is 3.89. The summed E-state index contributed by atoms with van der Waals surface area (Å²) in [7, 11) is -3.45. The summed E-state index contributed by atoms with van der Waals surface area (Å²) in [5.41, 5.74) is 1.73. The van der Waals surface area contributed by atoms with Crippen molar-refractivity contribution in [1.29, 1.82) is 0 Å². The van der Waals surface area contributed by atoms with Crippen molar-refractivity contribution in [3.63, 3.8) is 0 Å². The topological polar surface area (TPSA) is 79.5 Å². The summed E-state index contributed by atoms with van der Waals surface area (Å²) in [6.45, 7) is 8.30. The van der Waals surface area contributed by atoms with Gasteiger partial charge in [0.1, 0.15) is 0 Å². The Bertz CT molecular complexity index is 824. The van der Waals surface area contributed by atoms with Gasteiger partial charge in [0.05, 0.1) is 11.4 Å². The molecule has 1 aromatic carbocycles. The minimum absolute atomic E-state index is 0.407. The maximum absolute atomic E-state index is 12.9. The maximum Gasteiger partial charge on any atom is 0.243 e. The third kappa shape index (κ3) is 3.50. The molecular weight excluding hydrogens is 328 g/mol. The highest BCUT2D eigenvalue weighted by Gasteiger charge is 2.30. The van der Waals surface area contributed by atoms with Crippen molar-refractivity contribution in [2.45, 2.75) is 32.2 Å². The number of benzene rings is 1. The summed E-state index contributed by atoms with van der Waals surface area (Å²) in [5.74, 6) is 1.18. The first-order valence-electron chi connectivity index (χ1n) is 7.95. The van der Waals surface area contributed by atoms with E-state index in [1.165, 1.54) is 0 Å². The quantitative estimate of drug-likeness (QED) is 0.831. The fraction of sp³-hybridized carbons (Fsp3) is 0.500. The first-order valence-corrected chi connectivity index (χ1v) is 9.39. The second-order valence-corrected chi connectivity index (χ2v) is 8.09. The molecule has 3 rings (SSSR count). The molecule has 1 aromatic heterocycles. The third-order valence-electron chi connectivity index (χ3n) is 4.23. The van der Waals surface area contributed by atoms with E-state index in [0.29, 0.717) is 49.3 Å². The van der Waals surface area contributed by atoms with E-state index in [1.54, 1.807) is 17.3 Å². The van der Waals surface area contributed by atoms with Crippen LogP contribution < -0.4 is 0 Å². The number of nitrogens with zero attached hydrogens (tertiary/aromatic N) is 4.